The van der Waals surface area contributed by atoms with Gasteiger partial charge < -0.3 is 14.7 Å². The average Bonchev–Trinajstić information content (AvgIpc) is 2.30. The maximum absolute atomic E-state index is 10.6. The maximum atomic E-state index is 10.6. The van der Waals surface area contributed by atoms with Gasteiger partial charge in [-0.25, -0.2) is 0 Å². The molecule has 80 valence electrons. The minimum Gasteiger partial charge on any atom is -0.496 e. The smallest absolute Gasteiger partial charge is 0.260 e. The summed E-state index contributed by atoms with van der Waals surface area (Å²) in [4.78, 5) is 10.6. The lowest BCUT2D eigenvalue weighted by atomic mass is 10.1. The molecule has 1 rings (SSSR count). The van der Waals surface area contributed by atoms with Crippen LogP contribution in [0.3, 0.4) is 0 Å². The third kappa shape index (κ3) is 2.25. The van der Waals surface area contributed by atoms with Crippen LogP contribution in [0.2, 0.25) is 0 Å². The molecule has 1 aromatic carbocycles. The number of ether oxygens (including phenoxy) is 2. The highest BCUT2D eigenvalue weighted by Crippen LogP contribution is 2.20. The first kappa shape index (κ1) is 11.0. The molecule has 1 aromatic rings. The van der Waals surface area contributed by atoms with Crippen molar-refractivity contribution >= 4 is 12.2 Å². The molecule has 0 atom stereocenters. The van der Waals surface area contributed by atoms with Gasteiger partial charge in [0.1, 0.15) is 12.0 Å². The van der Waals surface area contributed by atoms with Crippen molar-refractivity contribution in [2.45, 2.75) is 0 Å². The number of carbonyl (C=O) groups is 1. The average molecular weight is 209 g/mol. The Morgan fingerprint density at radius 3 is 2.67 bits per heavy atom. The predicted molar refractivity (Wildman–Crippen MR) is 53.7 cm³/mol. The van der Waals surface area contributed by atoms with Crippen molar-refractivity contribution in [1.29, 1.82) is 0 Å². The molecule has 0 aromatic heterocycles. The fraction of sp³-hybridized carbons (Fsp3) is 0.200. The molecule has 0 saturated carbocycles. The summed E-state index contributed by atoms with van der Waals surface area (Å²) in [6.45, 7) is 0. The van der Waals surface area contributed by atoms with Gasteiger partial charge in [-0.3, -0.25) is 4.79 Å². The highest BCUT2D eigenvalue weighted by Gasteiger charge is 2.11. The van der Waals surface area contributed by atoms with Crippen LogP contribution >= 0.6 is 0 Å². The van der Waals surface area contributed by atoms with Gasteiger partial charge in [-0.05, 0) is 23.4 Å². The summed E-state index contributed by atoms with van der Waals surface area (Å²) >= 11 is 0. The van der Waals surface area contributed by atoms with Crippen molar-refractivity contribution in [3.8, 4) is 5.75 Å². The predicted octanol–water partition coefficient (Wildman–Crippen LogP) is 1.29. The third-order valence-corrected chi connectivity index (χ3v) is 1.87. The number of methoxy groups -OCH3 is 2. The van der Waals surface area contributed by atoms with Crippen molar-refractivity contribution in [3.05, 3.63) is 29.3 Å². The van der Waals surface area contributed by atoms with Gasteiger partial charge in [0.15, 0.2) is 0 Å². The molecule has 0 fully saturated rings. The minimum absolute atomic E-state index is 0.00412. The molecule has 0 saturated heterocycles. The van der Waals surface area contributed by atoms with Crippen LogP contribution in [0.15, 0.2) is 23.4 Å². The van der Waals surface area contributed by atoms with Crippen molar-refractivity contribution < 1.29 is 19.5 Å². The Kier molecular flexibility index (Phi) is 3.68. The van der Waals surface area contributed by atoms with Gasteiger partial charge >= 0.3 is 0 Å². The summed E-state index contributed by atoms with van der Waals surface area (Å²) in [7, 11) is 2.84. The van der Waals surface area contributed by atoms with Crippen LogP contribution in [0.1, 0.15) is 15.9 Å². The van der Waals surface area contributed by atoms with Crippen LogP contribution < -0.4 is 4.74 Å². The first-order valence-corrected chi connectivity index (χ1v) is 4.16. The molecule has 1 N–H and O–H groups in total. The van der Waals surface area contributed by atoms with Gasteiger partial charge in [0.2, 0.25) is 0 Å². The summed E-state index contributed by atoms with van der Waals surface area (Å²) in [5.41, 5.74) is 0.871. The van der Waals surface area contributed by atoms with E-state index in [4.69, 9.17) is 14.7 Å². The van der Waals surface area contributed by atoms with Crippen LogP contribution in [0.25, 0.3) is 0 Å². The van der Waals surface area contributed by atoms with Crippen molar-refractivity contribution in [2.75, 3.05) is 14.2 Å². The number of nitrogens with zero attached hydrogens (tertiary/aromatic N) is 1. The molecule has 15 heavy (non-hydrogen) atoms. The summed E-state index contributed by atoms with van der Waals surface area (Å²) in [5.74, 6) is 0.464. The van der Waals surface area contributed by atoms with E-state index >= 15 is 0 Å². The summed E-state index contributed by atoms with van der Waals surface area (Å²) in [6, 6.07) is 4.72. The van der Waals surface area contributed by atoms with E-state index in [-0.39, 0.29) is 5.90 Å². The number of hydrogen-bond acceptors (Lipinski definition) is 5. The molecule has 0 heterocycles. The van der Waals surface area contributed by atoms with Crippen LogP contribution in [0, 0.1) is 0 Å². The first-order chi connectivity index (χ1) is 7.26. The van der Waals surface area contributed by atoms with Gasteiger partial charge in [-0.15, -0.1) is 0 Å². The molecule has 0 spiro atoms. The monoisotopic (exact) mass is 209 g/mol. The number of benzene rings is 1. The zero-order valence-corrected chi connectivity index (χ0v) is 8.43. The highest BCUT2D eigenvalue weighted by atomic mass is 16.5. The van der Waals surface area contributed by atoms with E-state index in [1.54, 1.807) is 12.1 Å². The summed E-state index contributed by atoms with van der Waals surface area (Å²) in [5, 5.41) is 11.6. The third-order valence-electron chi connectivity index (χ3n) is 1.87. The van der Waals surface area contributed by atoms with Crippen LogP contribution in [0.4, 0.5) is 0 Å². The van der Waals surface area contributed by atoms with E-state index < -0.39 is 0 Å². The molecule has 0 radical (unpaired) electrons. The Morgan fingerprint density at radius 1 is 1.47 bits per heavy atom. The van der Waals surface area contributed by atoms with Crippen molar-refractivity contribution in [3.63, 3.8) is 0 Å². The second kappa shape index (κ2) is 4.99. The Hall–Kier alpha value is -2.04. The molecule has 5 nitrogen and oxygen atoms in total. The number of carbonyl (C=O) groups excluding carboxylic acids is 1. The minimum atomic E-state index is -0.00412. The lowest BCUT2D eigenvalue weighted by Gasteiger charge is -2.08. The maximum Gasteiger partial charge on any atom is 0.260 e. The highest BCUT2D eigenvalue weighted by molar-refractivity contribution is 5.97. The zero-order chi connectivity index (χ0) is 11.3. The second-order valence-corrected chi connectivity index (χ2v) is 2.69. The van der Waals surface area contributed by atoms with Crippen LogP contribution in [-0.4, -0.2) is 31.6 Å². The summed E-state index contributed by atoms with van der Waals surface area (Å²) in [6.07, 6.45) is 0.688. The first-order valence-electron chi connectivity index (χ1n) is 4.16. The van der Waals surface area contributed by atoms with E-state index in [9.17, 15) is 4.79 Å². The number of aldehydes is 1. The van der Waals surface area contributed by atoms with E-state index in [1.165, 1.54) is 20.3 Å². The molecule has 5 heteroatoms. The molecule has 0 aliphatic rings. The number of hydrogen-bond donors (Lipinski definition) is 1. The SMILES string of the molecule is COC(=NO)c1cc(C=O)ccc1OC. The Labute approximate surface area is 86.9 Å². The molecule has 0 unspecified atom stereocenters. The Morgan fingerprint density at radius 2 is 2.20 bits per heavy atom. The lowest BCUT2D eigenvalue weighted by molar-refractivity contribution is 0.112. The quantitative estimate of drug-likeness (QED) is 0.268. The van der Waals surface area contributed by atoms with Gasteiger partial charge in [0.25, 0.3) is 5.90 Å². The largest absolute Gasteiger partial charge is 0.496 e. The van der Waals surface area contributed by atoms with Crippen molar-refractivity contribution in [1.82, 2.24) is 0 Å². The summed E-state index contributed by atoms with van der Waals surface area (Å²) < 4.78 is 9.87. The number of oxime groups is 1. The van der Waals surface area contributed by atoms with Gasteiger partial charge in [-0.2, -0.15) is 0 Å². The molecular formula is C10H11NO4. The zero-order valence-electron chi connectivity index (χ0n) is 8.43. The molecule has 0 aliphatic carbocycles. The van der Waals surface area contributed by atoms with E-state index in [0.29, 0.717) is 23.2 Å². The molecule has 0 bridgehead atoms. The molecular weight excluding hydrogens is 198 g/mol. The fourth-order valence-electron chi connectivity index (χ4n) is 1.17. The second-order valence-electron chi connectivity index (χ2n) is 2.69. The number of rotatable bonds is 3. The van der Waals surface area contributed by atoms with Gasteiger partial charge in [0, 0.05) is 5.56 Å². The van der Waals surface area contributed by atoms with Gasteiger partial charge in [-0.1, -0.05) is 0 Å². The van der Waals surface area contributed by atoms with E-state index in [2.05, 4.69) is 5.16 Å². The Bertz CT molecular complexity index is 387. The van der Waals surface area contributed by atoms with Crippen LogP contribution in [-0.2, 0) is 4.74 Å². The molecule has 0 amide bonds. The normalized spacial score (nSPS) is 10.9. The van der Waals surface area contributed by atoms with Crippen LogP contribution in [0.5, 0.6) is 5.75 Å². The van der Waals surface area contributed by atoms with E-state index in [1.807, 2.05) is 0 Å². The standard InChI is InChI=1S/C10H11NO4/c1-14-9-4-3-7(6-12)5-8(9)10(11-13)15-2/h3-6,13H,1-2H3. The lowest BCUT2D eigenvalue weighted by Crippen LogP contribution is -2.06. The topological polar surface area (TPSA) is 68.1 Å². The van der Waals surface area contributed by atoms with Gasteiger partial charge in [0.05, 0.1) is 19.8 Å². The molecule has 0 aliphatic heterocycles. The fourth-order valence-corrected chi connectivity index (χ4v) is 1.17. The Balaban J connectivity index is 3.28. The van der Waals surface area contributed by atoms with Crippen molar-refractivity contribution in [2.24, 2.45) is 5.16 Å². The van der Waals surface area contributed by atoms with E-state index in [0.717, 1.165) is 0 Å².